The smallest absolute Gasteiger partial charge is 0.329 e. The summed E-state index contributed by atoms with van der Waals surface area (Å²) in [6.45, 7) is 13.1. The van der Waals surface area contributed by atoms with Crippen molar-refractivity contribution < 1.29 is 63.0 Å². The minimum atomic E-state index is -2.40. The molecule has 370 valence electrons. The zero-order chi connectivity index (χ0) is 48.2. The molecule has 14 nitrogen and oxygen atoms in total. The Morgan fingerprint density at radius 1 is 0.831 bits per heavy atom. The van der Waals surface area contributed by atoms with Gasteiger partial charge in [-0.1, -0.05) is 59.6 Å². The molecule has 2 bridgehead atoms. The topological polar surface area (TPSA) is 195 Å². The summed E-state index contributed by atoms with van der Waals surface area (Å²) in [6.07, 6.45) is 7.89. The van der Waals surface area contributed by atoms with Crippen molar-refractivity contribution in [1.29, 1.82) is 0 Å². The number of cyclic esters (lactones) is 1. The highest BCUT2D eigenvalue weighted by Gasteiger charge is 2.53. The highest BCUT2D eigenvalue weighted by atomic mass is 16.6. The fourth-order valence-electron chi connectivity index (χ4n) is 10.7. The van der Waals surface area contributed by atoms with Crippen molar-refractivity contribution in [3.8, 4) is 0 Å². The maximum Gasteiger partial charge on any atom is 0.329 e. The van der Waals surface area contributed by atoms with E-state index in [1.54, 1.807) is 41.1 Å². The first-order valence-electron chi connectivity index (χ1n) is 24.6. The molecule has 0 radical (unpaired) electrons. The summed E-state index contributed by atoms with van der Waals surface area (Å²) >= 11 is 0. The molecule has 15 atom stereocenters. The molecule has 4 rings (SSSR count). The lowest BCUT2D eigenvalue weighted by molar-refractivity contribution is -0.265. The van der Waals surface area contributed by atoms with Gasteiger partial charge in [-0.25, -0.2) is 4.79 Å². The van der Waals surface area contributed by atoms with Crippen LogP contribution in [0.3, 0.4) is 0 Å². The maximum absolute atomic E-state index is 14.4. The van der Waals surface area contributed by atoms with E-state index in [0.29, 0.717) is 63.4 Å². The second-order valence-electron chi connectivity index (χ2n) is 20.3. The van der Waals surface area contributed by atoms with E-state index in [1.807, 2.05) is 20.8 Å². The third kappa shape index (κ3) is 14.6. The summed E-state index contributed by atoms with van der Waals surface area (Å²) in [4.78, 5) is 71.9. The summed E-state index contributed by atoms with van der Waals surface area (Å²) < 4.78 is 29.5. The van der Waals surface area contributed by atoms with E-state index in [4.69, 9.17) is 23.7 Å². The van der Waals surface area contributed by atoms with Crippen LogP contribution < -0.4 is 0 Å². The van der Waals surface area contributed by atoms with Gasteiger partial charge in [0, 0.05) is 58.5 Å². The van der Waals surface area contributed by atoms with Crippen molar-refractivity contribution in [2.45, 2.75) is 206 Å². The molecule has 4 aliphatic rings. The van der Waals surface area contributed by atoms with Crippen LogP contribution in [0.1, 0.15) is 151 Å². The number of aliphatic hydroxyl groups is 3. The van der Waals surface area contributed by atoms with E-state index in [1.165, 1.54) is 12.0 Å². The summed E-state index contributed by atoms with van der Waals surface area (Å²) in [6, 6.07) is -1.13. The van der Waals surface area contributed by atoms with Gasteiger partial charge in [0.2, 0.25) is 5.79 Å². The summed E-state index contributed by atoms with van der Waals surface area (Å²) in [7, 11) is 4.59. The van der Waals surface area contributed by atoms with Crippen LogP contribution in [0, 0.1) is 35.5 Å². The van der Waals surface area contributed by atoms with Crippen LogP contribution >= 0.6 is 0 Å². The first kappa shape index (κ1) is 54.8. The average molecular weight is 918 g/mol. The third-order valence-corrected chi connectivity index (χ3v) is 15.1. The van der Waals surface area contributed by atoms with Crippen LogP contribution in [0.25, 0.3) is 0 Å². The Balaban J connectivity index is 1.67. The Bertz CT molecular complexity index is 1660. The Hall–Kier alpha value is -2.85. The largest absolute Gasteiger partial charge is 0.460 e. The van der Waals surface area contributed by atoms with Crippen molar-refractivity contribution in [2.24, 2.45) is 35.5 Å². The Morgan fingerprint density at radius 2 is 1.54 bits per heavy atom. The molecule has 3 fully saturated rings. The van der Waals surface area contributed by atoms with Gasteiger partial charge in [0.15, 0.2) is 5.78 Å². The Labute approximate surface area is 388 Å². The van der Waals surface area contributed by atoms with E-state index >= 15 is 0 Å². The van der Waals surface area contributed by atoms with Crippen molar-refractivity contribution in [1.82, 2.24) is 4.90 Å². The zero-order valence-corrected chi connectivity index (χ0v) is 41.1. The SMILES string of the molecule is CO[C@H]1C[C@@H]2CC[C@@H](C)[C@@](O)(O2)C(=O)C(=O)N2CCCC[C@H]2C(=O)O[C@H]([C@H](C)C[C@@H]2CC[C@@H](O)[C@H](OC)C2)CC(=O)[C@H](C)/C=C(\C)[C@@H](O)[C@@H](OC)C(=O)[C@H](C)C[C@H](C)CCCC/C=C/1C. The molecule has 1 amide bonds. The van der Waals surface area contributed by atoms with Gasteiger partial charge in [-0.05, 0) is 120 Å². The molecule has 65 heavy (non-hydrogen) atoms. The second kappa shape index (κ2) is 25.5. The van der Waals surface area contributed by atoms with Crippen LogP contribution in [0.4, 0.5) is 0 Å². The molecule has 0 aromatic heterocycles. The normalized spacial score (nSPS) is 39.9. The first-order chi connectivity index (χ1) is 30.7. The number of hydrogen-bond donors (Lipinski definition) is 3. The van der Waals surface area contributed by atoms with Crippen LogP contribution in [-0.2, 0) is 47.7 Å². The van der Waals surface area contributed by atoms with Gasteiger partial charge in [0.05, 0.1) is 24.4 Å². The molecule has 0 aromatic rings. The lowest BCUT2D eigenvalue weighted by atomic mass is 9.78. The van der Waals surface area contributed by atoms with Gasteiger partial charge in [-0.3, -0.25) is 19.2 Å². The maximum atomic E-state index is 14.4. The number of fused-ring (bicyclic) bond motifs is 3. The molecule has 3 aliphatic heterocycles. The van der Waals surface area contributed by atoms with E-state index in [-0.39, 0.29) is 66.8 Å². The third-order valence-electron chi connectivity index (χ3n) is 15.1. The highest BCUT2D eigenvalue weighted by Crippen LogP contribution is 2.38. The average Bonchev–Trinajstić information content (AvgIpc) is 3.28. The Kier molecular flexibility index (Phi) is 21.5. The number of nitrogens with zero attached hydrogens (tertiary/aromatic N) is 1. The quantitative estimate of drug-likeness (QED) is 0.146. The lowest BCUT2D eigenvalue weighted by Gasteiger charge is -2.42. The number of carbonyl (C=O) groups excluding carboxylic acids is 5. The van der Waals surface area contributed by atoms with Crippen LogP contribution in [0.5, 0.6) is 0 Å². The molecule has 0 aromatic carbocycles. The van der Waals surface area contributed by atoms with Crippen molar-refractivity contribution in [3.05, 3.63) is 23.3 Å². The molecule has 1 saturated carbocycles. The number of rotatable bonds is 6. The number of amides is 1. The van der Waals surface area contributed by atoms with Crippen LogP contribution in [-0.4, -0.2) is 132 Å². The van der Waals surface area contributed by atoms with E-state index in [0.717, 1.165) is 37.7 Å². The number of carbonyl (C=O) groups is 5. The fraction of sp³-hybridized carbons (Fsp3) is 0.824. The summed E-state index contributed by atoms with van der Waals surface area (Å²) in [5, 5.41) is 33.9. The number of esters is 1. The van der Waals surface area contributed by atoms with Gasteiger partial charge in [0.1, 0.15) is 30.1 Å². The molecule has 2 saturated heterocycles. The number of piperidine rings is 1. The lowest BCUT2D eigenvalue weighted by Crippen LogP contribution is -2.61. The minimum Gasteiger partial charge on any atom is -0.460 e. The Morgan fingerprint density at radius 3 is 2.22 bits per heavy atom. The number of allylic oxidation sites excluding steroid dienone is 2. The molecule has 3 heterocycles. The van der Waals surface area contributed by atoms with E-state index in [2.05, 4.69) is 13.0 Å². The van der Waals surface area contributed by atoms with Crippen LogP contribution in [0.2, 0.25) is 0 Å². The van der Waals surface area contributed by atoms with Gasteiger partial charge >= 0.3 is 5.97 Å². The van der Waals surface area contributed by atoms with E-state index < -0.39 is 71.8 Å². The van der Waals surface area contributed by atoms with Gasteiger partial charge in [-0.15, -0.1) is 0 Å². The van der Waals surface area contributed by atoms with Gasteiger partial charge in [-0.2, -0.15) is 0 Å². The van der Waals surface area contributed by atoms with Crippen LogP contribution in [0.15, 0.2) is 23.3 Å². The number of hydrogen-bond acceptors (Lipinski definition) is 13. The molecule has 0 unspecified atom stereocenters. The van der Waals surface area contributed by atoms with Gasteiger partial charge < -0.3 is 43.9 Å². The summed E-state index contributed by atoms with van der Waals surface area (Å²) in [5.74, 6) is -7.47. The predicted molar refractivity (Wildman–Crippen MR) is 245 cm³/mol. The number of Topliss-reactive ketones (excluding diaryl/α,β-unsaturated/α-hetero) is 3. The number of ether oxygens (including phenoxy) is 5. The predicted octanol–water partition coefficient (Wildman–Crippen LogP) is 6.63. The van der Waals surface area contributed by atoms with Crippen molar-refractivity contribution >= 4 is 29.2 Å². The molecule has 3 N–H and O–H groups in total. The molecular formula is C51H83NO13. The fourth-order valence-corrected chi connectivity index (χ4v) is 10.7. The standard InChI is InChI=1S/C51H83NO13/c1-30-16-12-11-13-17-31(2)42(61-8)28-38-21-19-36(7)51(60,65-38)48(57)49(58)52-23-15-14-18-39(52)50(59)64-43(33(4)26-37-20-22-40(53)44(27-37)62-9)29-41(54)32(3)25-35(6)46(56)47(63-10)45(55)34(5)24-30/h17,25,30,32-34,36-40,42-44,46-47,53,56,60H,11-16,18-24,26-29H2,1-10H3/b31-17+,35-25+/t30-,32-,33-,34-,36-,37+,38+,39+,40-,42+,43+,44-,46-,47+,51-/m1/s1. The van der Waals surface area contributed by atoms with E-state index in [9.17, 15) is 39.3 Å². The van der Waals surface area contributed by atoms with Gasteiger partial charge in [0.25, 0.3) is 11.7 Å². The zero-order valence-electron chi connectivity index (χ0n) is 41.1. The molecule has 0 spiro atoms. The van der Waals surface area contributed by atoms with Crippen molar-refractivity contribution in [2.75, 3.05) is 27.9 Å². The number of ketones is 3. The highest BCUT2D eigenvalue weighted by molar-refractivity contribution is 6.39. The molecular weight excluding hydrogens is 835 g/mol. The number of aliphatic hydroxyl groups excluding tert-OH is 2. The minimum absolute atomic E-state index is 0.0992. The molecule has 1 aliphatic carbocycles. The second-order valence-corrected chi connectivity index (χ2v) is 20.3. The number of methoxy groups -OCH3 is 3. The summed E-state index contributed by atoms with van der Waals surface area (Å²) in [5.41, 5.74) is 1.41. The van der Waals surface area contributed by atoms with Crippen molar-refractivity contribution in [3.63, 3.8) is 0 Å². The first-order valence-corrected chi connectivity index (χ1v) is 24.6. The molecule has 14 heteroatoms. The monoisotopic (exact) mass is 918 g/mol.